The van der Waals surface area contributed by atoms with Gasteiger partial charge < -0.3 is 15.0 Å². The van der Waals surface area contributed by atoms with E-state index in [9.17, 15) is 9.59 Å². The fraction of sp³-hybridized carbons (Fsp3) is 0.312. The van der Waals surface area contributed by atoms with Crippen molar-refractivity contribution in [1.29, 1.82) is 0 Å². The molecule has 114 valence electrons. The van der Waals surface area contributed by atoms with Gasteiger partial charge in [-0.3, -0.25) is 14.6 Å². The van der Waals surface area contributed by atoms with Crippen LogP contribution in [0.4, 0.5) is 0 Å². The third-order valence-electron chi connectivity index (χ3n) is 3.77. The van der Waals surface area contributed by atoms with Crippen molar-refractivity contribution < 1.29 is 14.3 Å². The first kappa shape index (κ1) is 14.3. The van der Waals surface area contributed by atoms with E-state index in [0.29, 0.717) is 30.1 Å². The molecular formula is C16H17N3O3. The number of pyridine rings is 1. The first-order valence-corrected chi connectivity index (χ1v) is 7.10. The van der Waals surface area contributed by atoms with Gasteiger partial charge in [0.1, 0.15) is 5.75 Å². The molecule has 6 heteroatoms. The minimum Gasteiger partial charge on any atom is -0.497 e. The molecule has 6 nitrogen and oxygen atoms in total. The summed E-state index contributed by atoms with van der Waals surface area (Å²) in [5, 5.41) is 3.56. The zero-order valence-corrected chi connectivity index (χ0v) is 12.5. The highest BCUT2D eigenvalue weighted by atomic mass is 16.5. The molecule has 1 aliphatic rings. The van der Waals surface area contributed by atoms with E-state index < -0.39 is 0 Å². The number of nitrogens with zero attached hydrogens (tertiary/aromatic N) is 2. The molecule has 0 radical (unpaired) electrons. The summed E-state index contributed by atoms with van der Waals surface area (Å²) in [6, 6.07) is 7.37. The lowest BCUT2D eigenvalue weighted by atomic mass is 10.1. The highest BCUT2D eigenvalue weighted by Crippen LogP contribution is 2.22. The van der Waals surface area contributed by atoms with Crippen molar-refractivity contribution in [1.82, 2.24) is 15.2 Å². The van der Waals surface area contributed by atoms with Gasteiger partial charge in [0.25, 0.3) is 5.91 Å². The molecule has 0 aliphatic carbocycles. The Hall–Kier alpha value is -2.63. The molecule has 0 saturated carbocycles. The minimum absolute atomic E-state index is 0.0917. The number of nitrogens with one attached hydrogen (secondary N) is 1. The summed E-state index contributed by atoms with van der Waals surface area (Å²) >= 11 is 0. The number of carbonyl (C=O) groups excluding carboxylic acids is 2. The summed E-state index contributed by atoms with van der Waals surface area (Å²) < 4.78 is 5.21. The van der Waals surface area contributed by atoms with E-state index in [2.05, 4.69) is 10.3 Å². The first-order valence-electron chi connectivity index (χ1n) is 7.10. The van der Waals surface area contributed by atoms with E-state index in [4.69, 9.17) is 4.74 Å². The van der Waals surface area contributed by atoms with E-state index in [1.54, 1.807) is 18.9 Å². The number of methoxy groups -OCH3 is 1. The number of amides is 2. The van der Waals surface area contributed by atoms with Crippen LogP contribution < -0.4 is 10.1 Å². The normalized spacial score (nSPS) is 14.8. The summed E-state index contributed by atoms with van der Waals surface area (Å²) in [7, 11) is 1.60. The molecule has 1 aromatic heterocycles. The Morgan fingerprint density at radius 2 is 2.18 bits per heavy atom. The molecule has 3 rings (SSSR count). The maximum Gasteiger partial charge on any atom is 0.256 e. The highest BCUT2D eigenvalue weighted by Gasteiger charge is 2.24. The molecule has 1 saturated heterocycles. The van der Waals surface area contributed by atoms with E-state index in [-0.39, 0.29) is 18.4 Å². The van der Waals surface area contributed by atoms with Gasteiger partial charge in [-0.1, -0.05) is 0 Å². The lowest BCUT2D eigenvalue weighted by Gasteiger charge is -2.27. The Bertz CT molecular complexity index is 758. The zero-order chi connectivity index (χ0) is 15.7. The maximum absolute atomic E-state index is 12.6. The second-order valence-corrected chi connectivity index (χ2v) is 5.26. The predicted molar refractivity (Wildman–Crippen MR) is 81.9 cm³/mol. The van der Waals surface area contributed by atoms with Crippen molar-refractivity contribution in [2.75, 3.05) is 26.7 Å². The molecule has 2 amide bonds. The second-order valence-electron chi connectivity index (χ2n) is 5.26. The van der Waals surface area contributed by atoms with Gasteiger partial charge in [0.15, 0.2) is 0 Å². The maximum atomic E-state index is 12.6. The summed E-state index contributed by atoms with van der Waals surface area (Å²) in [4.78, 5) is 30.1. The SMILES string of the molecule is COc1ccc2nc(C)c(C(=O)N3CCNC(=O)C3)cc2c1. The quantitative estimate of drug-likeness (QED) is 0.902. The average Bonchev–Trinajstić information content (AvgIpc) is 2.53. The van der Waals surface area contributed by atoms with Crippen molar-refractivity contribution >= 4 is 22.7 Å². The van der Waals surface area contributed by atoms with Gasteiger partial charge in [0, 0.05) is 18.5 Å². The van der Waals surface area contributed by atoms with Crippen LogP contribution in [0.1, 0.15) is 16.1 Å². The number of fused-ring (bicyclic) bond motifs is 1. The van der Waals surface area contributed by atoms with Gasteiger partial charge in [-0.05, 0) is 31.2 Å². The van der Waals surface area contributed by atoms with Crippen LogP contribution in [0.5, 0.6) is 5.75 Å². The van der Waals surface area contributed by atoms with Crippen LogP contribution in [0, 0.1) is 6.92 Å². The van der Waals surface area contributed by atoms with Crippen LogP contribution in [0.3, 0.4) is 0 Å². The fourth-order valence-electron chi connectivity index (χ4n) is 2.58. The van der Waals surface area contributed by atoms with Crippen LogP contribution in [0.15, 0.2) is 24.3 Å². The standard InChI is InChI=1S/C16H17N3O3/c1-10-13(16(21)19-6-5-17-15(20)9-19)8-11-7-12(22-2)3-4-14(11)18-10/h3-4,7-8H,5-6,9H2,1-2H3,(H,17,20). The number of rotatable bonds is 2. The third-order valence-corrected chi connectivity index (χ3v) is 3.77. The van der Waals surface area contributed by atoms with Crippen LogP contribution in [-0.2, 0) is 4.79 Å². The summed E-state index contributed by atoms with van der Waals surface area (Å²) in [6.45, 7) is 2.90. The number of ether oxygens (including phenoxy) is 1. The average molecular weight is 299 g/mol. The molecule has 1 aromatic carbocycles. The number of aromatic nitrogens is 1. The van der Waals surface area contributed by atoms with Gasteiger partial charge in [-0.25, -0.2) is 0 Å². The van der Waals surface area contributed by atoms with E-state index in [1.807, 2.05) is 24.3 Å². The number of hydrogen-bond donors (Lipinski definition) is 1. The van der Waals surface area contributed by atoms with Gasteiger partial charge in [-0.2, -0.15) is 0 Å². The molecule has 0 spiro atoms. The third kappa shape index (κ3) is 2.59. The molecule has 1 aliphatic heterocycles. The molecule has 0 unspecified atom stereocenters. The van der Waals surface area contributed by atoms with Crippen molar-refractivity contribution in [3.63, 3.8) is 0 Å². The Morgan fingerprint density at radius 3 is 2.91 bits per heavy atom. The molecule has 1 fully saturated rings. The first-order chi connectivity index (χ1) is 10.6. The topological polar surface area (TPSA) is 71.5 Å². The van der Waals surface area contributed by atoms with Gasteiger partial charge in [0.05, 0.1) is 30.4 Å². The predicted octanol–water partition coefficient (Wildman–Crippen LogP) is 1.12. The van der Waals surface area contributed by atoms with Crippen LogP contribution >= 0.6 is 0 Å². The number of benzene rings is 1. The monoisotopic (exact) mass is 299 g/mol. The number of hydrogen-bond acceptors (Lipinski definition) is 4. The highest BCUT2D eigenvalue weighted by molar-refractivity contribution is 6.00. The molecule has 0 bridgehead atoms. The molecule has 1 N–H and O–H groups in total. The zero-order valence-electron chi connectivity index (χ0n) is 12.5. The van der Waals surface area contributed by atoms with Crippen molar-refractivity contribution in [3.8, 4) is 5.75 Å². The van der Waals surface area contributed by atoms with Crippen LogP contribution in [-0.4, -0.2) is 48.4 Å². The van der Waals surface area contributed by atoms with E-state index in [1.165, 1.54) is 0 Å². The van der Waals surface area contributed by atoms with Gasteiger partial charge in [-0.15, -0.1) is 0 Å². The smallest absolute Gasteiger partial charge is 0.256 e. The molecular weight excluding hydrogens is 282 g/mol. The number of carbonyl (C=O) groups is 2. The summed E-state index contributed by atoms with van der Waals surface area (Å²) in [5.74, 6) is 0.422. The Morgan fingerprint density at radius 1 is 1.36 bits per heavy atom. The number of piperazine rings is 1. The molecule has 2 aromatic rings. The molecule has 22 heavy (non-hydrogen) atoms. The Labute approximate surface area is 128 Å². The Balaban J connectivity index is 2.00. The summed E-state index contributed by atoms with van der Waals surface area (Å²) in [6.07, 6.45) is 0. The number of aryl methyl sites for hydroxylation is 1. The van der Waals surface area contributed by atoms with Crippen molar-refractivity contribution in [3.05, 3.63) is 35.5 Å². The molecule has 0 atom stereocenters. The van der Waals surface area contributed by atoms with Crippen molar-refractivity contribution in [2.24, 2.45) is 0 Å². The van der Waals surface area contributed by atoms with Gasteiger partial charge >= 0.3 is 0 Å². The second kappa shape index (κ2) is 5.63. The lowest BCUT2D eigenvalue weighted by Crippen LogP contribution is -2.50. The Kier molecular flexibility index (Phi) is 3.66. The largest absolute Gasteiger partial charge is 0.497 e. The molecule has 2 heterocycles. The lowest BCUT2D eigenvalue weighted by molar-refractivity contribution is -0.123. The summed E-state index contributed by atoms with van der Waals surface area (Å²) in [5.41, 5.74) is 2.00. The van der Waals surface area contributed by atoms with Crippen molar-refractivity contribution in [2.45, 2.75) is 6.92 Å². The van der Waals surface area contributed by atoms with Crippen LogP contribution in [0.25, 0.3) is 10.9 Å². The van der Waals surface area contributed by atoms with Gasteiger partial charge in [0.2, 0.25) is 5.91 Å². The van der Waals surface area contributed by atoms with Crippen LogP contribution in [0.2, 0.25) is 0 Å². The van der Waals surface area contributed by atoms with E-state index in [0.717, 1.165) is 10.9 Å². The minimum atomic E-state index is -0.162. The fourth-order valence-corrected chi connectivity index (χ4v) is 2.58. The van der Waals surface area contributed by atoms with E-state index >= 15 is 0 Å².